The van der Waals surface area contributed by atoms with E-state index in [2.05, 4.69) is 18.3 Å². The van der Waals surface area contributed by atoms with Crippen molar-refractivity contribution in [2.24, 2.45) is 10.8 Å². The van der Waals surface area contributed by atoms with Gasteiger partial charge in [0.1, 0.15) is 6.34 Å². The molecule has 0 aliphatic rings. The first-order valence-corrected chi connectivity index (χ1v) is 4.51. The van der Waals surface area contributed by atoms with E-state index in [0.717, 1.165) is 0 Å². The van der Waals surface area contributed by atoms with Crippen LogP contribution in [0, 0.1) is 0 Å². The molecule has 0 atom stereocenters. The Morgan fingerprint density at radius 2 is 2.12 bits per heavy atom. The molecule has 4 heteroatoms. The fraction of sp³-hybridized carbons (Fsp3) is 0.750. The molecular weight excluding hydrogens is 121 g/mol. The molecule has 0 saturated heterocycles. The number of hydrazine groups is 1. The molecule has 3 nitrogen and oxygen atoms in total. The van der Waals surface area contributed by atoms with E-state index in [1.54, 1.807) is 18.2 Å². The average molecular weight is 133 g/mol. The van der Waals surface area contributed by atoms with E-state index in [4.69, 9.17) is 5.84 Å². The van der Waals surface area contributed by atoms with Crippen molar-refractivity contribution in [2.75, 3.05) is 20.4 Å². The Morgan fingerprint density at radius 3 is 2.25 bits per heavy atom. The van der Waals surface area contributed by atoms with Gasteiger partial charge in [0.25, 0.3) is 0 Å². The summed E-state index contributed by atoms with van der Waals surface area (Å²) in [5.74, 6) is 5.44. The van der Waals surface area contributed by atoms with Crippen LogP contribution in [0.1, 0.15) is 0 Å². The predicted octanol–water partition coefficient (Wildman–Crippen LogP) is 0.477. The fourth-order valence-electron chi connectivity index (χ4n) is 0.222. The highest BCUT2D eigenvalue weighted by atomic mass is 31.1. The first kappa shape index (κ1) is 7.86. The smallest absolute Gasteiger partial charge is 0.102 e. The fourth-order valence-corrected chi connectivity index (χ4v) is 0.531. The lowest BCUT2D eigenvalue weighted by Crippen LogP contribution is -2.22. The van der Waals surface area contributed by atoms with E-state index in [9.17, 15) is 0 Å². The van der Waals surface area contributed by atoms with Crippen LogP contribution in [0.2, 0.25) is 0 Å². The maximum Gasteiger partial charge on any atom is 0.102 e. The minimum absolute atomic E-state index is 0.206. The van der Waals surface area contributed by atoms with Crippen LogP contribution in [0.5, 0.6) is 0 Å². The molecule has 0 rings (SSSR count). The second-order valence-corrected chi connectivity index (χ2v) is 3.76. The Kier molecular flexibility index (Phi) is 3.75. The van der Waals surface area contributed by atoms with Gasteiger partial charge in [-0.1, -0.05) is 0 Å². The third-order valence-electron chi connectivity index (χ3n) is 0.696. The quantitative estimate of drug-likeness (QED) is 0.196. The molecule has 0 bridgehead atoms. The van der Waals surface area contributed by atoms with E-state index < -0.39 is 0 Å². The molecule has 2 N–H and O–H groups in total. The Morgan fingerprint density at radius 1 is 1.62 bits per heavy atom. The van der Waals surface area contributed by atoms with Gasteiger partial charge in [-0.3, -0.25) is 9.77 Å². The standard InChI is InChI=1S/C4H12N3P/c1-6-4-7(5)8(2)3/h4H,5H2,1-3H3. The summed E-state index contributed by atoms with van der Waals surface area (Å²) in [6, 6.07) is 0. The van der Waals surface area contributed by atoms with Crippen molar-refractivity contribution < 1.29 is 0 Å². The molecule has 48 valence electrons. The van der Waals surface area contributed by atoms with Gasteiger partial charge in [0, 0.05) is 15.1 Å². The van der Waals surface area contributed by atoms with Crippen molar-refractivity contribution >= 4 is 14.4 Å². The summed E-state index contributed by atoms with van der Waals surface area (Å²) in [4.78, 5) is 3.75. The highest BCUT2D eigenvalue weighted by molar-refractivity contribution is 7.54. The summed E-state index contributed by atoms with van der Waals surface area (Å²) in [7, 11) is 1.50. The van der Waals surface area contributed by atoms with E-state index in [1.165, 1.54) is 0 Å². The molecular formula is C4H12N3P. The van der Waals surface area contributed by atoms with E-state index >= 15 is 0 Å². The molecule has 0 amide bonds. The Labute approximate surface area is 51.4 Å². The van der Waals surface area contributed by atoms with Gasteiger partial charge in [0.2, 0.25) is 0 Å². The maximum absolute atomic E-state index is 5.44. The average Bonchev–Trinajstić information content (AvgIpc) is 1.67. The summed E-state index contributed by atoms with van der Waals surface area (Å²) in [5, 5.41) is 0. The van der Waals surface area contributed by atoms with Gasteiger partial charge < -0.3 is 0 Å². The summed E-state index contributed by atoms with van der Waals surface area (Å²) in [5.41, 5.74) is 0. The van der Waals surface area contributed by atoms with Crippen molar-refractivity contribution in [1.29, 1.82) is 0 Å². The lowest BCUT2D eigenvalue weighted by Gasteiger charge is -2.15. The largest absolute Gasteiger partial charge is 0.281 e. The van der Waals surface area contributed by atoms with Gasteiger partial charge in [-0.25, -0.2) is 5.84 Å². The first-order chi connectivity index (χ1) is 3.68. The monoisotopic (exact) mass is 133 g/mol. The van der Waals surface area contributed by atoms with Crippen LogP contribution in [0.4, 0.5) is 0 Å². The van der Waals surface area contributed by atoms with E-state index in [0.29, 0.717) is 0 Å². The zero-order valence-electron chi connectivity index (χ0n) is 5.50. The van der Waals surface area contributed by atoms with Crippen LogP contribution >= 0.6 is 8.07 Å². The second kappa shape index (κ2) is 3.81. The van der Waals surface area contributed by atoms with Crippen molar-refractivity contribution in [3.63, 3.8) is 0 Å². The molecule has 0 aliphatic heterocycles. The minimum Gasteiger partial charge on any atom is -0.281 e. The number of hydrogen-bond acceptors (Lipinski definition) is 2. The van der Waals surface area contributed by atoms with Crippen LogP contribution in [0.3, 0.4) is 0 Å². The molecule has 0 radical (unpaired) electrons. The molecule has 0 aromatic carbocycles. The molecule has 0 fully saturated rings. The third kappa shape index (κ3) is 2.94. The SMILES string of the molecule is CN=CN(N)P(C)C. The zero-order chi connectivity index (χ0) is 6.57. The normalized spacial score (nSPS) is 11.1. The molecule has 0 aliphatic carbocycles. The summed E-state index contributed by atoms with van der Waals surface area (Å²) in [6.45, 7) is 4.13. The van der Waals surface area contributed by atoms with Crippen molar-refractivity contribution in [3.05, 3.63) is 0 Å². The zero-order valence-corrected chi connectivity index (χ0v) is 6.39. The van der Waals surface area contributed by atoms with Crippen LogP contribution in [0.15, 0.2) is 4.99 Å². The highest BCUT2D eigenvalue weighted by Crippen LogP contribution is 2.24. The molecule has 8 heavy (non-hydrogen) atoms. The minimum atomic E-state index is -0.206. The highest BCUT2D eigenvalue weighted by Gasteiger charge is 1.94. The lowest BCUT2D eigenvalue weighted by molar-refractivity contribution is 0.734. The number of nitrogens with zero attached hydrogens (tertiary/aromatic N) is 2. The maximum atomic E-state index is 5.44. The van der Waals surface area contributed by atoms with E-state index in [1.807, 2.05) is 0 Å². The number of aliphatic imine (C=N–C) groups is 1. The molecule has 0 heterocycles. The van der Waals surface area contributed by atoms with Crippen LogP contribution < -0.4 is 5.84 Å². The summed E-state index contributed by atoms with van der Waals surface area (Å²) in [6.07, 6.45) is 1.63. The van der Waals surface area contributed by atoms with Crippen molar-refractivity contribution in [2.45, 2.75) is 0 Å². The van der Waals surface area contributed by atoms with Gasteiger partial charge in [0.15, 0.2) is 0 Å². The summed E-state index contributed by atoms with van der Waals surface area (Å²) < 4.78 is 1.62. The Balaban J connectivity index is 3.47. The van der Waals surface area contributed by atoms with Gasteiger partial charge in [-0.15, -0.1) is 0 Å². The first-order valence-electron chi connectivity index (χ1n) is 2.32. The van der Waals surface area contributed by atoms with Crippen LogP contribution in [0.25, 0.3) is 0 Å². The second-order valence-electron chi connectivity index (χ2n) is 1.60. The van der Waals surface area contributed by atoms with Gasteiger partial charge in [-0.2, -0.15) is 0 Å². The predicted molar refractivity (Wildman–Crippen MR) is 39.2 cm³/mol. The third-order valence-corrected chi connectivity index (χ3v) is 1.72. The Hall–Kier alpha value is -0.140. The molecule has 0 aromatic heterocycles. The number of rotatable bonds is 2. The van der Waals surface area contributed by atoms with Crippen molar-refractivity contribution in [3.8, 4) is 0 Å². The van der Waals surface area contributed by atoms with Gasteiger partial charge >= 0.3 is 0 Å². The van der Waals surface area contributed by atoms with Crippen LogP contribution in [-0.4, -0.2) is 31.5 Å². The molecule has 0 aromatic rings. The van der Waals surface area contributed by atoms with E-state index in [-0.39, 0.29) is 8.07 Å². The number of hydrogen-bond donors (Lipinski definition) is 1. The molecule has 0 saturated carbocycles. The van der Waals surface area contributed by atoms with Crippen LogP contribution in [-0.2, 0) is 0 Å². The van der Waals surface area contributed by atoms with Crippen molar-refractivity contribution in [1.82, 2.24) is 4.78 Å². The van der Waals surface area contributed by atoms with Gasteiger partial charge in [0.05, 0.1) is 0 Å². The Bertz CT molecular complexity index is 81.4. The molecule has 0 spiro atoms. The number of nitrogens with two attached hydrogens (primary N) is 1. The van der Waals surface area contributed by atoms with Gasteiger partial charge in [-0.05, 0) is 13.3 Å². The summed E-state index contributed by atoms with van der Waals surface area (Å²) >= 11 is 0. The lowest BCUT2D eigenvalue weighted by atomic mass is 11.2. The topological polar surface area (TPSA) is 41.6 Å². The molecule has 0 unspecified atom stereocenters.